The maximum absolute atomic E-state index is 3.67. The van der Waals surface area contributed by atoms with Gasteiger partial charge >= 0.3 is 0 Å². The lowest BCUT2D eigenvalue weighted by atomic mass is 9.86. The summed E-state index contributed by atoms with van der Waals surface area (Å²) in [6.07, 6.45) is 11.4. The molecule has 0 amide bonds. The fourth-order valence-electron chi connectivity index (χ4n) is 3.72. The van der Waals surface area contributed by atoms with Crippen molar-refractivity contribution in [1.82, 2.24) is 30.6 Å². The summed E-state index contributed by atoms with van der Waals surface area (Å²) in [5.74, 6) is 0. The summed E-state index contributed by atoms with van der Waals surface area (Å²) < 4.78 is 0. The smallest absolute Gasteiger partial charge is 0.161 e. The van der Waals surface area contributed by atoms with E-state index in [-0.39, 0.29) is 0 Å². The summed E-state index contributed by atoms with van der Waals surface area (Å²) >= 11 is 0. The number of nitrogens with one attached hydrogen (secondary N) is 1. The maximum Gasteiger partial charge on any atom is 0.161 e. The minimum Gasteiger partial charge on any atom is -0.245 e. The number of hydrogen-bond donors (Lipinski definition) is 1. The molecule has 0 fully saturated rings. The molecule has 0 aliphatic heterocycles. The number of aromatic amines is 1. The Morgan fingerprint density at radius 2 is 1.52 bits per heavy atom. The Bertz CT molecular complexity index is 1110. The van der Waals surface area contributed by atoms with E-state index in [0.29, 0.717) is 0 Å². The lowest BCUT2D eigenvalue weighted by Crippen LogP contribution is -2.02. The van der Waals surface area contributed by atoms with Gasteiger partial charge in [0.05, 0.1) is 0 Å². The van der Waals surface area contributed by atoms with E-state index in [4.69, 9.17) is 0 Å². The van der Waals surface area contributed by atoms with Gasteiger partial charge in [0.1, 0.15) is 6.33 Å². The molecule has 1 N–H and O–H groups in total. The van der Waals surface area contributed by atoms with Crippen molar-refractivity contribution in [3.8, 4) is 0 Å². The van der Waals surface area contributed by atoms with Gasteiger partial charge in [-0.1, -0.05) is 53.7 Å². The molecule has 2 aromatic heterocycles. The second kappa shape index (κ2) is 9.50. The summed E-state index contributed by atoms with van der Waals surface area (Å²) in [6, 6.07) is 19.7. The minimum atomic E-state index is 1.25. The number of aryl methyl sites for hydroxylation is 2. The van der Waals surface area contributed by atoms with Crippen molar-refractivity contribution in [3.05, 3.63) is 90.8 Å². The van der Waals surface area contributed by atoms with Crippen LogP contribution in [0.25, 0.3) is 21.5 Å². The molecular formula is C23H22N6. The molecule has 0 atom stereocenters. The van der Waals surface area contributed by atoms with E-state index in [0.717, 1.165) is 0 Å². The number of H-pyrrole nitrogens is 1. The highest BCUT2D eigenvalue weighted by molar-refractivity contribution is 6.08. The zero-order valence-corrected chi connectivity index (χ0v) is 16.1. The van der Waals surface area contributed by atoms with Crippen molar-refractivity contribution in [3.63, 3.8) is 0 Å². The monoisotopic (exact) mass is 382 g/mol. The molecule has 6 nitrogen and oxygen atoms in total. The summed E-state index contributed by atoms with van der Waals surface area (Å²) in [4.78, 5) is 7.35. The highest BCUT2D eigenvalue weighted by Gasteiger charge is 2.13. The van der Waals surface area contributed by atoms with Crippen LogP contribution in [0.1, 0.15) is 24.0 Å². The highest BCUT2D eigenvalue weighted by Crippen LogP contribution is 2.33. The molecule has 0 saturated carbocycles. The summed E-state index contributed by atoms with van der Waals surface area (Å²) in [5, 5.41) is 17.8. The third kappa shape index (κ3) is 4.60. The van der Waals surface area contributed by atoms with Crippen LogP contribution in [0.3, 0.4) is 0 Å². The Hall–Kier alpha value is -3.67. The van der Waals surface area contributed by atoms with Gasteiger partial charge in [0.15, 0.2) is 6.33 Å². The Morgan fingerprint density at radius 3 is 2.21 bits per heavy atom. The van der Waals surface area contributed by atoms with Gasteiger partial charge in [0.25, 0.3) is 0 Å². The zero-order chi connectivity index (χ0) is 19.7. The first-order valence-electron chi connectivity index (χ1n) is 9.72. The molecule has 3 aromatic carbocycles. The van der Waals surface area contributed by atoms with Crippen molar-refractivity contribution >= 4 is 21.5 Å². The molecule has 0 saturated heterocycles. The van der Waals surface area contributed by atoms with E-state index in [2.05, 4.69) is 79.1 Å². The van der Waals surface area contributed by atoms with Crippen LogP contribution in [0.2, 0.25) is 0 Å². The number of tetrazole rings is 1. The molecule has 6 heteroatoms. The summed E-state index contributed by atoms with van der Waals surface area (Å²) in [7, 11) is 0. The van der Waals surface area contributed by atoms with Crippen molar-refractivity contribution < 1.29 is 0 Å². The van der Waals surface area contributed by atoms with E-state index in [1.54, 1.807) is 29.6 Å². The lowest BCUT2D eigenvalue weighted by Gasteiger charge is -2.18. The molecule has 5 aromatic rings. The Morgan fingerprint density at radius 1 is 0.690 bits per heavy atom. The van der Waals surface area contributed by atoms with Crippen molar-refractivity contribution in [1.29, 1.82) is 0 Å². The van der Waals surface area contributed by atoms with Crippen LogP contribution in [0.5, 0.6) is 0 Å². The average Bonchev–Trinajstić information content (AvgIpc) is 3.41. The van der Waals surface area contributed by atoms with Crippen molar-refractivity contribution in [2.45, 2.75) is 25.7 Å². The van der Waals surface area contributed by atoms with Crippen LogP contribution >= 0.6 is 0 Å². The first-order chi connectivity index (χ1) is 14.4. The highest BCUT2D eigenvalue weighted by atomic mass is 15.5. The van der Waals surface area contributed by atoms with Crippen LogP contribution in [-0.2, 0) is 12.8 Å². The third-order valence-corrected chi connectivity index (χ3v) is 5.00. The van der Waals surface area contributed by atoms with E-state index in [1.165, 1.54) is 59.9 Å². The number of hydrogen-bond acceptors (Lipinski definition) is 5. The molecule has 0 radical (unpaired) electrons. The predicted octanol–water partition coefficient (Wildman–Crippen LogP) is 4.55. The van der Waals surface area contributed by atoms with Gasteiger partial charge in [-0.15, -0.1) is 10.2 Å². The third-order valence-electron chi connectivity index (χ3n) is 5.00. The van der Waals surface area contributed by atoms with Gasteiger partial charge in [-0.3, -0.25) is 0 Å². The second-order valence-corrected chi connectivity index (χ2v) is 6.76. The van der Waals surface area contributed by atoms with Crippen LogP contribution in [-0.4, -0.2) is 30.6 Å². The molecule has 1 aliphatic carbocycles. The van der Waals surface area contributed by atoms with Crippen molar-refractivity contribution in [2.24, 2.45) is 0 Å². The van der Waals surface area contributed by atoms with Crippen LogP contribution < -0.4 is 0 Å². The molecule has 0 spiro atoms. The number of aromatic nitrogens is 6. The number of fused-ring (bicyclic) bond motifs is 5. The average molecular weight is 382 g/mol. The van der Waals surface area contributed by atoms with Gasteiger partial charge in [-0.2, -0.15) is 5.21 Å². The maximum atomic E-state index is 3.67. The van der Waals surface area contributed by atoms with Crippen LogP contribution in [0.4, 0.5) is 0 Å². The first kappa shape index (κ1) is 18.7. The van der Waals surface area contributed by atoms with E-state index in [9.17, 15) is 0 Å². The zero-order valence-electron chi connectivity index (χ0n) is 16.1. The molecule has 1 aliphatic rings. The van der Waals surface area contributed by atoms with E-state index in [1.807, 2.05) is 0 Å². The molecule has 144 valence electrons. The largest absolute Gasteiger partial charge is 0.245 e. The summed E-state index contributed by atoms with van der Waals surface area (Å²) in [5.41, 5.74) is 3.17. The standard InChI is InChI=1S/C18H16.C4H4N2.CH2N4/c1-3-7-15-13(5-1)9-11-18-16-8-4-2-6-14(16)10-12-17(15)18;1-2-5-4-6-3-1;1-2-4-5-3-1/h1,3,5,7,9-12H,2,4,6,8H2;1-4H;1H,(H,2,3,4,5). The molecule has 29 heavy (non-hydrogen) atoms. The van der Waals surface area contributed by atoms with Gasteiger partial charge in [-0.25, -0.2) is 9.97 Å². The Labute approximate surface area is 169 Å². The van der Waals surface area contributed by atoms with Gasteiger partial charge < -0.3 is 0 Å². The van der Waals surface area contributed by atoms with E-state index >= 15 is 0 Å². The van der Waals surface area contributed by atoms with Gasteiger partial charge in [0, 0.05) is 12.4 Å². The molecule has 0 unspecified atom stereocenters. The predicted molar refractivity (Wildman–Crippen MR) is 114 cm³/mol. The van der Waals surface area contributed by atoms with Crippen molar-refractivity contribution in [2.75, 3.05) is 0 Å². The number of nitrogens with zero attached hydrogens (tertiary/aromatic N) is 5. The Kier molecular flexibility index (Phi) is 6.12. The molecule has 2 heterocycles. The lowest BCUT2D eigenvalue weighted by molar-refractivity contribution is 0.690. The summed E-state index contributed by atoms with van der Waals surface area (Å²) in [6.45, 7) is 0. The van der Waals surface area contributed by atoms with E-state index < -0.39 is 0 Å². The number of rotatable bonds is 0. The fourth-order valence-corrected chi connectivity index (χ4v) is 3.72. The minimum absolute atomic E-state index is 1.25. The molecule has 6 rings (SSSR count). The van der Waals surface area contributed by atoms with Crippen LogP contribution in [0.15, 0.2) is 79.6 Å². The molecule has 0 bridgehead atoms. The Balaban J connectivity index is 0.000000152. The second-order valence-electron chi connectivity index (χ2n) is 6.76. The fraction of sp³-hybridized carbons (Fsp3) is 0.174. The first-order valence-corrected chi connectivity index (χ1v) is 9.72. The van der Waals surface area contributed by atoms with Gasteiger partial charge in [-0.05, 0) is 64.4 Å². The quantitative estimate of drug-likeness (QED) is 0.398. The van der Waals surface area contributed by atoms with Gasteiger partial charge in [0.2, 0.25) is 0 Å². The SMILES string of the molecule is c1ccc2c(c1)ccc1c3c(ccc12)CCCC3.c1cncnc1.c1nn[nH]n1. The molecular weight excluding hydrogens is 360 g/mol. The topological polar surface area (TPSA) is 80.2 Å². The number of benzene rings is 3. The van der Waals surface area contributed by atoms with Crippen LogP contribution in [0, 0.1) is 0 Å². The normalized spacial score (nSPS) is 12.3.